The molecule has 8 rings (SSSR count). The number of ether oxygens (including phenoxy) is 4. The van der Waals surface area contributed by atoms with Crippen molar-refractivity contribution in [3.8, 4) is 11.7 Å². The SMILES string of the molecule is Cc1cnc(-c2cc3cc4c(cc3o2)COCCCCCCCN(C[C@@H](O)[C@@H](CC(=O)O[C@H]2C3CO[C@H]5OC[C@@H]2C5C3)Cc2ccccc2)S4(=O)=O)o1. The average molecular weight is 749 g/mol. The number of esters is 1. The van der Waals surface area contributed by atoms with Gasteiger partial charge in [0.15, 0.2) is 12.1 Å². The van der Waals surface area contributed by atoms with Crippen LogP contribution in [0.5, 0.6) is 0 Å². The highest BCUT2D eigenvalue weighted by Crippen LogP contribution is 2.49. The lowest BCUT2D eigenvalue weighted by Crippen LogP contribution is -2.42. The van der Waals surface area contributed by atoms with Gasteiger partial charge in [-0.05, 0) is 56.4 Å². The van der Waals surface area contributed by atoms with Gasteiger partial charge in [-0.3, -0.25) is 4.79 Å². The van der Waals surface area contributed by atoms with E-state index in [4.69, 9.17) is 27.8 Å². The first-order chi connectivity index (χ1) is 25.7. The molecule has 13 heteroatoms. The monoisotopic (exact) mass is 748 g/mol. The molecule has 2 aromatic carbocycles. The number of oxazole rings is 1. The van der Waals surface area contributed by atoms with Crippen LogP contribution >= 0.6 is 0 Å². The van der Waals surface area contributed by atoms with Crippen LogP contribution in [0.1, 0.15) is 61.8 Å². The minimum atomic E-state index is -4.16. The predicted octanol–water partition coefficient (Wildman–Crippen LogP) is 6.03. The van der Waals surface area contributed by atoms with Gasteiger partial charge < -0.3 is 32.9 Å². The van der Waals surface area contributed by atoms with Gasteiger partial charge in [-0.2, -0.15) is 4.31 Å². The van der Waals surface area contributed by atoms with Gasteiger partial charge in [0.25, 0.3) is 5.89 Å². The van der Waals surface area contributed by atoms with Gasteiger partial charge in [-0.1, -0.05) is 49.6 Å². The summed E-state index contributed by atoms with van der Waals surface area (Å²) in [7, 11) is -4.16. The molecular weight excluding hydrogens is 701 g/mol. The number of benzene rings is 2. The molecule has 0 spiro atoms. The molecule has 0 amide bonds. The number of carbonyl (C=O) groups excluding carboxylic acids is 1. The van der Waals surface area contributed by atoms with Gasteiger partial charge in [0, 0.05) is 54.3 Å². The summed E-state index contributed by atoms with van der Waals surface area (Å²) in [6.07, 6.45) is 5.43. The van der Waals surface area contributed by atoms with Crippen LogP contribution in [-0.4, -0.2) is 80.2 Å². The average Bonchev–Trinajstić information content (AvgIpc) is 3.93. The molecule has 12 nitrogen and oxygen atoms in total. The van der Waals surface area contributed by atoms with E-state index in [1.54, 1.807) is 31.3 Å². The fourth-order valence-electron chi connectivity index (χ4n) is 8.57. The Morgan fingerprint density at radius 1 is 1.02 bits per heavy atom. The number of nitrogens with zero attached hydrogens (tertiary/aromatic N) is 2. The van der Waals surface area contributed by atoms with Crippen molar-refractivity contribution in [2.24, 2.45) is 23.7 Å². The summed E-state index contributed by atoms with van der Waals surface area (Å²) in [5.41, 5.74) is 1.90. The number of aryl methyl sites for hydroxylation is 1. The molecule has 284 valence electrons. The molecule has 4 aliphatic rings. The molecule has 3 aliphatic heterocycles. The molecule has 2 saturated heterocycles. The number of sulfonamides is 1. The highest BCUT2D eigenvalue weighted by molar-refractivity contribution is 7.89. The van der Waals surface area contributed by atoms with E-state index < -0.39 is 28.0 Å². The van der Waals surface area contributed by atoms with E-state index in [1.807, 2.05) is 30.3 Å². The van der Waals surface area contributed by atoms with Crippen molar-refractivity contribution in [1.82, 2.24) is 9.29 Å². The highest BCUT2D eigenvalue weighted by Gasteiger charge is 2.56. The van der Waals surface area contributed by atoms with E-state index in [0.29, 0.717) is 66.6 Å². The van der Waals surface area contributed by atoms with Crippen molar-refractivity contribution in [3.05, 3.63) is 71.6 Å². The first kappa shape index (κ1) is 36.4. The van der Waals surface area contributed by atoms with Crippen LogP contribution < -0.4 is 0 Å². The number of carbonyl (C=O) groups is 1. The molecule has 3 fully saturated rings. The van der Waals surface area contributed by atoms with E-state index in [1.165, 1.54) is 4.31 Å². The summed E-state index contributed by atoms with van der Waals surface area (Å²) in [6.45, 7) is 3.43. The molecule has 1 N–H and O–H groups in total. The van der Waals surface area contributed by atoms with Crippen LogP contribution in [-0.2, 0) is 46.8 Å². The van der Waals surface area contributed by atoms with Gasteiger partial charge in [0.1, 0.15) is 17.4 Å². The largest absolute Gasteiger partial charge is 0.462 e. The summed E-state index contributed by atoms with van der Waals surface area (Å²) >= 11 is 0. The van der Waals surface area contributed by atoms with Crippen molar-refractivity contribution >= 4 is 27.0 Å². The number of hydrogen-bond acceptors (Lipinski definition) is 11. The van der Waals surface area contributed by atoms with E-state index >= 15 is 0 Å². The fourth-order valence-corrected chi connectivity index (χ4v) is 10.3. The second-order valence-corrected chi connectivity index (χ2v) is 17.0. The summed E-state index contributed by atoms with van der Waals surface area (Å²) in [5, 5.41) is 12.6. The Hall–Kier alpha value is -3.59. The van der Waals surface area contributed by atoms with Gasteiger partial charge in [0.05, 0.1) is 43.4 Å². The maximum absolute atomic E-state index is 14.8. The van der Waals surface area contributed by atoms with Crippen LogP contribution in [0, 0.1) is 30.6 Å². The molecule has 4 aromatic rings. The van der Waals surface area contributed by atoms with Gasteiger partial charge in [-0.15, -0.1) is 0 Å². The minimum Gasteiger partial charge on any atom is -0.462 e. The normalized spacial score (nSPS) is 27.3. The predicted molar refractivity (Wildman–Crippen MR) is 193 cm³/mol. The Kier molecular flexibility index (Phi) is 10.7. The van der Waals surface area contributed by atoms with E-state index in [0.717, 1.165) is 37.7 Å². The lowest BCUT2D eigenvalue weighted by molar-refractivity contribution is -0.178. The Balaban J connectivity index is 1.07. The van der Waals surface area contributed by atoms with Gasteiger partial charge in [-0.25, -0.2) is 13.4 Å². The lowest BCUT2D eigenvalue weighted by atomic mass is 9.90. The Morgan fingerprint density at radius 3 is 2.66 bits per heavy atom. The number of β-amino-alcohol motifs (C(OH)–C–C–N with tert-alkyl or cyclic N) is 1. The smallest absolute Gasteiger partial charge is 0.306 e. The zero-order valence-corrected chi connectivity index (χ0v) is 30.9. The van der Waals surface area contributed by atoms with Crippen LogP contribution in [0.2, 0.25) is 0 Å². The van der Waals surface area contributed by atoms with Crippen molar-refractivity contribution in [1.29, 1.82) is 0 Å². The maximum atomic E-state index is 14.8. The molecule has 53 heavy (non-hydrogen) atoms. The van der Waals surface area contributed by atoms with Crippen LogP contribution in [0.3, 0.4) is 0 Å². The molecule has 0 radical (unpaired) electrons. The number of aliphatic hydroxyl groups is 1. The van der Waals surface area contributed by atoms with E-state index in [9.17, 15) is 18.3 Å². The van der Waals surface area contributed by atoms with E-state index in [-0.39, 0.29) is 61.2 Å². The lowest BCUT2D eigenvalue weighted by Gasteiger charge is -2.31. The second kappa shape index (κ2) is 15.6. The molecule has 2 unspecified atom stereocenters. The van der Waals surface area contributed by atoms with Crippen LogP contribution in [0.25, 0.3) is 22.6 Å². The maximum Gasteiger partial charge on any atom is 0.306 e. The quantitative estimate of drug-likeness (QED) is 0.200. The van der Waals surface area contributed by atoms with Crippen molar-refractivity contribution in [2.75, 3.05) is 32.9 Å². The first-order valence-corrected chi connectivity index (χ1v) is 20.4. The molecular formula is C40H48N2O10S. The standard InChI is InChI=1S/C40H48N2O10S/c1-25-20-41-39(50-25)35-16-28-18-36-29(17-34(28)51-35)22-47-13-9-4-2-3-8-12-42(53(36,45)46)21-33(43)27(14-26-10-6-5-7-11-26)19-37(44)52-38-30-15-31-32(38)24-49-40(31)48-23-30/h5-7,10-11,16-18,20,27,30-33,38,40,43H,2-4,8-9,12-15,19,21-24H2,1H3/t27-,30?,31?,32-,33-,38+,40+/m1/s1. The summed E-state index contributed by atoms with van der Waals surface area (Å²) in [5.74, 6) is 0.790. The second-order valence-electron chi connectivity index (χ2n) is 15.1. The summed E-state index contributed by atoms with van der Waals surface area (Å²) in [4.78, 5) is 18.1. The molecule has 7 atom stereocenters. The number of fused-ring (bicyclic) bond motifs is 3. The number of hydrogen-bond donors (Lipinski definition) is 1. The first-order valence-electron chi connectivity index (χ1n) is 18.9. The third-order valence-electron chi connectivity index (χ3n) is 11.4. The van der Waals surface area contributed by atoms with Crippen LogP contribution in [0.15, 0.2) is 68.5 Å². The topological polar surface area (TPSA) is 151 Å². The Morgan fingerprint density at radius 2 is 1.83 bits per heavy atom. The summed E-state index contributed by atoms with van der Waals surface area (Å²) < 4.78 is 66.5. The van der Waals surface area contributed by atoms with Gasteiger partial charge in [0.2, 0.25) is 10.0 Å². The number of aromatic nitrogens is 1. The van der Waals surface area contributed by atoms with E-state index in [2.05, 4.69) is 4.98 Å². The Labute approximate surface area is 309 Å². The molecule has 1 saturated carbocycles. The highest BCUT2D eigenvalue weighted by atomic mass is 32.2. The molecule has 2 aromatic heterocycles. The van der Waals surface area contributed by atoms with Gasteiger partial charge >= 0.3 is 5.97 Å². The molecule has 2 bridgehead atoms. The molecule has 1 aliphatic carbocycles. The van der Waals surface area contributed by atoms with Crippen molar-refractivity contribution in [3.63, 3.8) is 0 Å². The fraction of sp³-hybridized carbons (Fsp3) is 0.550. The third-order valence-corrected chi connectivity index (χ3v) is 13.3. The minimum absolute atomic E-state index is 0.0567. The van der Waals surface area contributed by atoms with Crippen molar-refractivity contribution in [2.45, 2.75) is 88.3 Å². The summed E-state index contributed by atoms with van der Waals surface area (Å²) in [6, 6.07) is 14.7. The zero-order valence-electron chi connectivity index (χ0n) is 30.1. The number of rotatable bonds is 9. The van der Waals surface area contributed by atoms with Crippen LogP contribution in [0.4, 0.5) is 0 Å². The number of aliphatic hydroxyl groups excluding tert-OH is 1. The number of furan rings is 1. The zero-order chi connectivity index (χ0) is 36.5. The third kappa shape index (κ3) is 7.83. The van der Waals surface area contributed by atoms with Crippen molar-refractivity contribution < 1.29 is 46.1 Å². The Bertz CT molecular complexity index is 1990. The molecule has 5 heterocycles.